The summed E-state index contributed by atoms with van der Waals surface area (Å²) in [6.07, 6.45) is 5.99. The summed E-state index contributed by atoms with van der Waals surface area (Å²) in [7, 11) is 0. The fraction of sp³-hybridized carbons (Fsp3) is 0.917. The Kier molecular flexibility index (Phi) is 2.33. The van der Waals surface area contributed by atoms with Crippen LogP contribution in [0.4, 0.5) is 0 Å². The molecule has 3 aliphatic rings. The van der Waals surface area contributed by atoms with Crippen molar-refractivity contribution >= 4 is 5.78 Å². The van der Waals surface area contributed by atoms with E-state index in [9.17, 15) is 4.79 Å². The van der Waals surface area contributed by atoms with E-state index >= 15 is 0 Å². The molecular weight excluding hydrogens is 192 g/mol. The van der Waals surface area contributed by atoms with Crippen LogP contribution in [-0.4, -0.2) is 24.8 Å². The van der Waals surface area contributed by atoms with Crippen molar-refractivity contribution in [1.29, 1.82) is 0 Å². The molecule has 15 heavy (non-hydrogen) atoms. The highest BCUT2D eigenvalue weighted by Gasteiger charge is 2.54. The number of rotatable bonds is 0. The lowest BCUT2D eigenvalue weighted by molar-refractivity contribution is -0.187. The number of hydrogen-bond acceptors (Lipinski definition) is 3. The Balaban J connectivity index is 1.86. The van der Waals surface area contributed by atoms with Gasteiger partial charge in [0.1, 0.15) is 5.78 Å². The molecule has 0 aromatic carbocycles. The molecule has 1 heterocycles. The maximum absolute atomic E-state index is 11.9. The van der Waals surface area contributed by atoms with Crippen LogP contribution in [0.1, 0.15) is 38.5 Å². The van der Waals surface area contributed by atoms with Crippen LogP contribution in [0, 0.1) is 11.8 Å². The van der Waals surface area contributed by atoms with Crippen molar-refractivity contribution in [1.82, 2.24) is 0 Å². The Hall–Kier alpha value is -0.410. The second-order valence-corrected chi connectivity index (χ2v) is 4.97. The third-order valence-electron chi connectivity index (χ3n) is 4.23. The predicted molar refractivity (Wildman–Crippen MR) is 54.3 cm³/mol. The molecule has 1 saturated heterocycles. The molecule has 2 saturated carbocycles. The second-order valence-electron chi connectivity index (χ2n) is 4.97. The van der Waals surface area contributed by atoms with Gasteiger partial charge in [-0.05, 0) is 19.3 Å². The molecule has 2 aliphatic carbocycles. The van der Waals surface area contributed by atoms with Crippen LogP contribution in [0.3, 0.4) is 0 Å². The van der Waals surface area contributed by atoms with E-state index in [0.29, 0.717) is 24.9 Å². The Bertz CT molecular complexity index is 268. The Morgan fingerprint density at radius 3 is 2.73 bits per heavy atom. The van der Waals surface area contributed by atoms with Gasteiger partial charge >= 0.3 is 0 Å². The molecule has 3 nitrogen and oxygen atoms in total. The van der Waals surface area contributed by atoms with Gasteiger partial charge < -0.3 is 9.47 Å². The molecule has 0 aromatic heterocycles. The Labute approximate surface area is 90.1 Å². The van der Waals surface area contributed by atoms with Crippen molar-refractivity contribution < 1.29 is 14.3 Å². The van der Waals surface area contributed by atoms with Crippen molar-refractivity contribution in [3.63, 3.8) is 0 Å². The molecule has 0 bridgehead atoms. The molecule has 0 radical (unpaired) electrons. The van der Waals surface area contributed by atoms with Gasteiger partial charge in [-0.25, -0.2) is 0 Å². The van der Waals surface area contributed by atoms with Crippen molar-refractivity contribution in [3.8, 4) is 0 Å². The van der Waals surface area contributed by atoms with Crippen molar-refractivity contribution in [2.75, 3.05) is 13.2 Å². The van der Waals surface area contributed by atoms with Gasteiger partial charge in [0.05, 0.1) is 13.2 Å². The highest BCUT2D eigenvalue weighted by Crippen LogP contribution is 2.50. The van der Waals surface area contributed by atoms with Crippen LogP contribution in [0.2, 0.25) is 0 Å². The molecule has 84 valence electrons. The summed E-state index contributed by atoms with van der Waals surface area (Å²) in [6, 6.07) is 0. The molecule has 1 spiro atoms. The van der Waals surface area contributed by atoms with Gasteiger partial charge in [-0.1, -0.05) is 6.42 Å². The lowest BCUT2D eigenvalue weighted by Crippen LogP contribution is -2.37. The number of ketones is 1. The first-order valence-corrected chi connectivity index (χ1v) is 6.12. The minimum atomic E-state index is -0.370. The quantitative estimate of drug-likeness (QED) is 0.612. The average molecular weight is 210 g/mol. The minimum Gasteiger partial charge on any atom is -0.347 e. The monoisotopic (exact) mass is 210 g/mol. The summed E-state index contributed by atoms with van der Waals surface area (Å²) in [6.45, 7) is 1.41. The molecule has 2 unspecified atom stereocenters. The highest BCUT2D eigenvalue weighted by molar-refractivity contribution is 5.82. The predicted octanol–water partition coefficient (Wildman–Crippen LogP) is 1.90. The molecule has 3 rings (SSSR count). The lowest BCUT2D eigenvalue weighted by atomic mass is 9.88. The van der Waals surface area contributed by atoms with E-state index < -0.39 is 0 Å². The number of fused-ring (bicyclic) bond motifs is 2. The molecule has 0 aromatic rings. The summed E-state index contributed by atoms with van der Waals surface area (Å²) in [4.78, 5) is 11.9. The molecular formula is C12H18O3. The fourth-order valence-corrected chi connectivity index (χ4v) is 3.53. The van der Waals surface area contributed by atoms with Gasteiger partial charge in [-0.15, -0.1) is 0 Å². The van der Waals surface area contributed by atoms with Gasteiger partial charge in [0.2, 0.25) is 0 Å². The van der Waals surface area contributed by atoms with Crippen LogP contribution in [0.15, 0.2) is 0 Å². The van der Waals surface area contributed by atoms with Gasteiger partial charge in [0, 0.05) is 24.7 Å². The lowest BCUT2D eigenvalue weighted by Gasteiger charge is -2.30. The van der Waals surface area contributed by atoms with Crippen LogP contribution in [0.5, 0.6) is 0 Å². The van der Waals surface area contributed by atoms with Gasteiger partial charge in [-0.2, -0.15) is 0 Å². The molecule has 3 heteroatoms. The SMILES string of the molecule is O=C1CCCCC2C1CCC21OCCO1. The number of Topliss-reactive ketones (excluding diaryl/α,β-unsaturated/α-hetero) is 1. The van der Waals surface area contributed by atoms with E-state index in [1.165, 1.54) is 0 Å². The number of carbonyl (C=O) groups excluding carboxylic acids is 1. The van der Waals surface area contributed by atoms with E-state index in [-0.39, 0.29) is 11.7 Å². The van der Waals surface area contributed by atoms with Gasteiger partial charge in [0.15, 0.2) is 5.79 Å². The molecule has 0 N–H and O–H groups in total. The van der Waals surface area contributed by atoms with Gasteiger partial charge in [-0.3, -0.25) is 4.79 Å². The first kappa shape index (κ1) is 9.79. The summed E-state index contributed by atoms with van der Waals surface area (Å²) in [5.74, 6) is 0.652. The van der Waals surface area contributed by atoms with Gasteiger partial charge in [0.25, 0.3) is 0 Å². The Morgan fingerprint density at radius 1 is 1.13 bits per heavy atom. The maximum atomic E-state index is 11.9. The average Bonchev–Trinajstić information content (AvgIpc) is 2.79. The van der Waals surface area contributed by atoms with E-state index in [2.05, 4.69) is 0 Å². The zero-order chi connectivity index (χ0) is 10.3. The normalized spacial score (nSPS) is 39.3. The summed E-state index contributed by atoms with van der Waals surface area (Å²) in [5.41, 5.74) is 0. The maximum Gasteiger partial charge on any atom is 0.171 e. The van der Waals surface area contributed by atoms with Crippen LogP contribution < -0.4 is 0 Å². The molecule has 0 amide bonds. The number of ether oxygens (including phenoxy) is 2. The van der Waals surface area contributed by atoms with Crippen molar-refractivity contribution in [2.45, 2.75) is 44.3 Å². The van der Waals surface area contributed by atoms with E-state index in [0.717, 1.165) is 38.5 Å². The van der Waals surface area contributed by atoms with E-state index in [4.69, 9.17) is 9.47 Å². The summed E-state index contributed by atoms with van der Waals surface area (Å²) in [5, 5.41) is 0. The summed E-state index contributed by atoms with van der Waals surface area (Å²) < 4.78 is 11.6. The summed E-state index contributed by atoms with van der Waals surface area (Å²) >= 11 is 0. The largest absolute Gasteiger partial charge is 0.347 e. The second kappa shape index (κ2) is 3.56. The topological polar surface area (TPSA) is 35.5 Å². The zero-order valence-corrected chi connectivity index (χ0v) is 9.04. The third-order valence-corrected chi connectivity index (χ3v) is 4.23. The smallest absolute Gasteiger partial charge is 0.171 e. The van der Waals surface area contributed by atoms with Crippen LogP contribution in [0.25, 0.3) is 0 Å². The van der Waals surface area contributed by atoms with Crippen LogP contribution in [-0.2, 0) is 14.3 Å². The first-order chi connectivity index (χ1) is 7.32. The minimum absolute atomic E-state index is 0.227. The zero-order valence-electron chi connectivity index (χ0n) is 9.04. The molecule has 1 aliphatic heterocycles. The molecule has 3 fully saturated rings. The van der Waals surface area contributed by atoms with E-state index in [1.807, 2.05) is 0 Å². The standard InChI is InChI=1S/C12H18O3/c13-11-4-2-1-3-10-9(11)5-6-12(10)14-7-8-15-12/h9-10H,1-8H2. The number of hydrogen-bond donors (Lipinski definition) is 0. The van der Waals surface area contributed by atoms with Crippen molar-refractivity contribution in [3.05, 3.63) is 0 Å². The number of carbonyl (C=O) groups is 1. The Morgan fingerprint density at radius 2 is 1.93 bits per heavy atom. The fourth-order valence-electron chi connectivity index (χ4n) is 3.53. The highest BCUT2D eigenvalue weighted by atomic mass is 16.7. The van der Waals surface area contributed by atoms with Crippen LogP contribution >= 0.6 is 0 Å². The third kappa shape index (κ3) is 1.44. The first-order valence-electron chi connectivity index (χ1n) is 6.12. The molecule has 2 atom stereocenters. The van der Waals surface area contributed by atoms with Crippen molar-refractivity contribution in [2.24, 2.45) is 11.8 Å². The van der Waals surface area contributed by atoms with E-state index in [1.54, 1.807) is 0 Å².